The zero-order valence-corrected chi connectivity index (χ0v) is 14.8. The van der Waals surface area contributed by atoms with Gasteiger partial charge in [-0.05, 0) is 54.5 Å². The molecule has 0 saturated heterocycles. The number of ether oxygens (including phenoxy) is 1. The molecule has 5 heteroatoms. The Bertz CT molecular complexity index is 693. The number of H-pyrrole nitrogens is 1. The van der Waals surface area contributed by atoms with Gasteiger partial charge in [-0.2, -0.15) is 0 Å². The maximum Gasteiger partial charge on any atom is 0.264 e. The Labute approximate surface area is 138 Å². The molecule has 0 radical (unpaired) electrons. The molecule has 1 heterocycles. The molecule has 4 nitrogen and oxygen atoms in total. The van der Waals surface area contributed by atoms with Gasteiger partial charge in [0.15, 0.2) is 0 Å². The molecule has 0 bridgehead atoms. The molecule has 112 valence electrons. The third kappa shape index (κ3) is 3.84. The molecule has 2 aromatic rings. The number of hydrogen-bond acceptors (Lipinski definition) is 3. The quantitative estimate of drug-likeness (QED) is 0.794. The monoisotopic (exact) mass is 398 g/mol. The molecule has 0 spiro atoms. The van der Waals surface area contributed by atoms with E-state index in [4.69, 9.17) is 4.74 Å². The summed E-state index contributed by atoms with van der Waals surface area (Å²) < 4.78 is 6.34. The molecule has 1 aromatic carbocycles. The first-order valence-corrected chi connectivity index (χ1v) is 8.03. The lowest BCUT2D eigenvalue weighted by Gasteiger charge is -2.12. The minimum absolute atomic E-state index is 0.0977. The zero-order valence-electron chi connectivity index (χ0n) is 12.6. The highest BCUT2D eigenvalue weighted by atomic mass is 127. The van der Waals surface area contributed by atoms with Crippen LogP contribution < -0.4 is 10.3 Å². The van der Waals surface area contributed by atoms with Crippen LogP contribution in [0.3, 0.4) is 0 Å². The molecule has 0 amide bonds. The summed E-state index contributed by atoms with van der Waals surface area (Å²) in [7, 11) is 0. The van der Waals surface area contributed by atoms with E-state index in [0.29, 0.717) is 9.39 Å². The smallest absolute Gasteiger partial charge is 0.264 e. The van der Waals surface area contributed by atoms with Crippen LogP contribution in [0.5, 0.6) is 5.75 Å². The van der Waals surface area contributed by atoms with Crippen molar-refractivity contribution in [3.63, 3.8) is 0 Å². The molecule has 0 saturated carbocycles. The fourth-order valence-corrected chi connectivity index (χ4v) is 2.86. The molecule has 1 N–H and O–H groups in total. The van der Waals surface area contributed by atoms with Gasteiger partial charge in [0, 0.05) is 5.56 Å². The Morgan fingerprint density at radius 1 is 1.24 bits per heavy atom. The summed E-state index contributed by atoms with van der Waals surface area (Å²) in [5.41, 5.74) is 1.58. The lowest BCUT2D eigenvalue weighted by Crippen LogP contribution is -2.17. The minimum atomic E-state index is -0.0977. The summed E-state index contributed by atoms with van der Waals surface area (Å²) in [6.45, 7) is 8.03. The molecule has 0 aliphatic carbocycles. The average molecular weight is 398 g/mol. The second-order valence-corrected chi connectivity index (χ2v) is 6.54. The van der Waals surface area contributed by atoms with Crippen LogP contribution in [0.15, 0.2) is 29.1 Å². The van der Waals surface area contributed by atoms with Crippen LogP contribution in [0.25, 0.3) is 11.4 Å². The van der Waals surface area contributed by atoms with E-state index in [1.54, 1.807) is 0 Å². The highest BCUT2D eigenvalue weighted by Crippen LogP contribution is 2.24. The molecule has 0 aliphatic heterocycles. The maximum absolute atomic E-state index is 12.1. The molecular formula is C16H19IN2O2. The first-order valence-electron chi connectivity index (χ1n) is 6.95. The van der Waals surface area contributed by atoms with E-state index < -0.39 is 0 Å². The molecule has 0 fully saturated rings. The Balaban J connectivity index is 2.49. The second-order valence-electron chi connectivity index (χ2n) is 5.46. The number of aromatic amines is 1. The van der Waals surface area contributed by atoms with Crippen LogP contribution >= 0.6 is 22.6 Å². The number of rotatable bonds is 4. The third-order valence-corrected chi connectivity index (χ3v) is 3.96. The highest BCUT2D eigenvalue weighted by molar-refractivity contribution is 14.1. The van der Waals surface area contributed by atoms with Gasteiger partial charge in [-0.1, -0.05) is 26.0 Å². The predicted molar refractivity (Wildman–Crippen MR) is 92.9 cm³/mol. The predicted octanol–water partition coefficient (Wildman–Crippen LogP) is 3.95. The molecule has 1 aromatic heterocycles. The zero-order chi connectivity index (χ0) is 15.6. The minimum Gasteiger partial charge on any atom is -0.491 e. The van der Waals surface area contributed by atoms with E-state index in [9.17, 15) is 4.79 Å². The Morgan fingerprint density at radius 3 is 2.57 bits per heavy atom. The highest BCUT2D eigenvalue weighted by Gasteiger charge is 2.13. The van der Waals surface area contributed by atoms with Crippen molar-refractivity contribution in [1.82, 2.24) is 9.97 Å². The summed E-state index contributed by atoms with van der Waals surface area (Å²) in [6, 6.07) is 7.62. The molecule has 21 heavy (non-hydrogen) atoms. The lowest BCUT2D eigenvalue weighted by molar-refractivity contribution is 0.242. The fourth-order valence-electron chi connectivity index (χ4n) is 1.98. The van der Waals surface area contributed by atoms with Crippen LogP contribution in [0, 0.1) is 3.57 Å². The van der Waals surface area contributed by atoms with Gasteiger partial charge in [0.2, 0.25) is 0 Å². The standard InChI is InChI=1S/C16H19IN2O2/c1-9(2)14-13(17)16(20)19-15(18-14)11-6-5-7-12(8-11)21-10(3)4/h5-10H,1-4H3,(H,18,19,20). The van der Waals surface area contributed by atoms with Crippen molar-refractivity contribution in [2.45, 2.75) is 39.7 Å². The van der Waals surface area contributed by atoms with Gasteiger partial charge >= 0.3 is 0 Å². The fraction of sp³-hybridized carbons (Fsp3) is 0.375. The van der Waals surface area contributed by atoms with Crippen molar-refractivity contribution in [2.75, 3.05) is 0 Å². The van der Waals surface area contributed by atoms with E-state index >= 15 is 0 Å². The van der Waals surface area contributed by atoms with Crippen LogP contribution in [-0.4, -0.2) is 16.1 Å². The summed E-state index contributed by atoms with van der Waals surface area (Å²) in [5, 5.41) is 0. The average Bonchev–Trinajstić information content (AvgIpc) is 2.41. The largest absolute Gasteiger partial charge is 0.491 e. The number of nitrogens with one attached hydrogen (secondary N) is 1. The first kappa shape index (κ1) is 16.0. The van der Waals surface area contributed by atoms with E-state index in [-0.39, 0.29) is 17.6 Å². The second kappa shape index (κ2) is 6.60. The van der Waals surface area contributed by atoms with E-state index in [1.807, 2.05) is 74.6 Å². The van der Waals surface area contributed by atoms with Gasteiger partial charge in [-0.15, -0.1) is 0 Å². The molecule has 0 unspecified atom stereocenters. The number of halogens is 1. The molecule has 2 rings (SSSR count). The van der Waals surface area contributed by atoms with E-state index in [2.05, 4.69) is 9.97 Å². The van der Waals surface area contributed by atoms with Crippen LogP contribution in [0.4, 0.5) is 0 Å². The molecule has 0 aliphatic rings. The molecule has 0 atom stereocenters. The van der Waals surface area contributed by atoms with Crippen LogP contribution in [-0.2, 0) is 0 Å². The van der Waals surface area contributed by atoms with Crippen molar-refractivity contribution in [2.24, 2.45) is 0 Å². The van der Waals surface area contributed by atoms with Crippen molar-refractivity contribution >= 4 is 22.6 Å². The van der Waals surface area contributed by atoms with Gasteiger partial charge < -0.3 is 9.72 Å². The summed E-state index contributed by atoms with van der Waals surface area (Å²) in [6.07, 6.45) is 0.107. The Kier molecular flexibility index (Phi) is 5.03. The van der Waals surface area contributed by atoms with Crippen molar-refractivity contribution in [3.8, 4) is 17.1 Å². The Morgan fingerprint density at radius 2 is 1.95 bits per heavy atom. The lowest BCUT2D eigenvalue weighted by atomic mass is 10.1. The van der Waals surface area contributed by atoms with E-state index in [1.165, 1.54) is 0 Å². The van der Waals surface area contributed by atoms with Crippen LogP contribution in [0.2, 0.25) is 0 Å². The van der Waals surface area contributed by atoms with Crippen LogP contribution in [0.1, 0.15) is 39.3 Å². The van der Waals surface area contributed by atoms with Gasteiger partial charge in [-0.25, -0.2) is 4.98 Å². The van der Waals surface area contributed by atoms with Crippen molar-refractivity contribution in [1.29, 1.82) is 0 Å². The number of benzene rings is 1. The van der Waals surface area contributed by atoms with Gasteiger partial charge in [0.05, 0.1) is 15.4 Å². The van der Waals surface area contributed by atoms with Gasteiger partial charge in [0.25, 0.3) is 5.56 Å². The number of nitrogens with zero attached hydrogens (tertiary/aromatic N) is 1. The molecular weight excluding hydrogens is 379 g/mol. The SMILES string of the molecule is CC(C)Oc1cccc(-c2nc(C(C)C)c(I)c(=O)[nH]2)c1. The Hall–Kier alpha value is -1.37. The summed E-state index contributed by atoms with van der Waals surface area (Å²) >= 11 is 2.05. The van der Waals surface area contributed by atoms with Gasteiger partial charge in [0.1, 0.15) is 11.6 Å². The number of hydrogen-bond donors (Lipinski definition) is 1. The van der Waals surface area contributed by atoms with Gasteiger partial charge in [-0.3, -0.25) is 4.79 Å². The summed E-state index contributed by atoms with van der Waals surface area (Å²) in [4.78, 5) is 19.5. The van der Waals surface area contributed by atoms with Crippen molar-refractivity contribution < 1.29 is 4.74 Å². The number of aromatic nitrogens is 2. The topological polar surface area (TPSA) is 55.0 Å². The van der Waals surface area contributed by atoms with E-state index in [0.717, 1.165) is 17.0 Å². The maximum atomic E-state index is 12.1. The third-order valence-electron chi connectivity index (χ3n) is 2.91. The van der Waals surface area contributed by atoms with Crippen molar-refractivity contribution in [3.05, 3.63) is 43.9 Å². The first-order chi connectivity index (χ1) is 9.88. The normalized spacial score (nSPS) is 11.2. The summed E-state index contributed by atoms with van der Waals surface area (Å²) in [5.74, 6) is 1.56.